The molecule has 4 nitrogen and oxygen atoms in total. The van der Waals surface area contributed by atoms with Gasteiger partial charge in [-0.05, 0) is 20.8 Å². The monoisotopic (exact) mass is 219 g/mol. The molecule has 0 radical (unpaired) electrons. The molecule has 0 fully saturated rings. The molecule has 0 aromatic heterocycles. The van der Waals surface area contributed by atoms with Crippen LogP contribution in [0.5, 0.6) is 0 Å². The smallest absolute Gasteiger partial charge is 0.305 e. The van der Waals surface area contributed by atoms with E-state index in [-0.39, 0.29) is 0 Å². The van der Waals surface area contributed by atoms with Crippen molar-refractivity contribution in [3.8, 4) is 0 Å². The van der Waals surface area contributed by atoms with E-state index in [1.165, 1.54) is 6.21 Å². The van der Waals surface area contributed by atoms with Crippen LogP contribution in [-0.4, -0.2) is 26.0 Å². The Morgan fingerprint density at radius 2 is 1.86 bits per heavy atom. The van der Waals surface area contributed by atoms with E-state index in [0.29, 0.717) is 25.1 Å². The summed E-state index contributed by atoms with van der Waals surface area (Å²) in [6.45, 7) is 10.3. The lowest BCUT2D eigenvalue weighted by molar-refractivity contribution is 0.228. The van der Waals surface area contributed by atoms with E-state index >= 15 is 0 Å². The lowest BCUT2D eigenvalue weighted by Crippen LogP contribution is -1.99. The van der Waals surface area contributed by atoms with Crippen molar-refractivity contribution in [3.05, 3.63) is 11.9 Å². The van der Waals surface area contributed by atoms with Crippen LogP contribution in [-0.2, 0) is 13.6 Å². The Balaban J connectivity index is 4.55. The Kier molecular flexibility index (Phi) is 6.71. The molecular formula is C9H18NO3P. The van der Waals surface area contributed by atoms with Gasteiger partial charge in [0.1, 0.15) is 0 Å². The van der Waals surface area contributed by atoms with Crippen molar-refractivity contribution >= 4 is 13.8 Å². The van der Waals surface area contributed by atoms with Gasteiger partial charge in [0.15, 0.2) is 0 Å². The van der Waals surface area contributed by atoms with Gasteiger partial charge in [-0.2, -0.15) is 0 Å². The molecule has 5 heteroatoms. The molecule has 0 heterocycles. The predicted molar refractivity (Wildman–Crippen MR) is 59.0 cm³/mol. The second-order valence-electron chi connectivity index (χ2n) is 2.45. The van der Waals surface area contributed by atoms with Gasteiger partial charge < -0.3 is 9.05 Å². The van der Waals surface area contributed by atoms with Gasteiger partial charge >= 0.3 is 7.60 Å². The van der Waals surface area contributed by atoms with Gasteiger partial charge in [-0.3, -0.25) is 9.56 Å². The van der Waals surface area contributed by atoms with E-state index in [4.69, 9.17) is 9.05 Å². The summed E-state index contributed by atoms with van der Waals surface area (Å²) >= 11 is 0. The molecule has 0 N–H and O–H groups in total. The molecule has 0 aromatic carbocycles. The maximum absolute atomic E-state index is 12.0. The van der Waals surface area contributed by atoms with Crippen molar-refractivity contribution in [2.45, 2.75) is 20.8 Å². The molecule has 0 spiro atoms. The Labute approximate surface area is 85.6 Å². The van der Waals surface area contributed by atoms with Crippen molar-refractivity contribution in [1.82, 2.24) is 0 Å². The van der Waals surface area contributed by atoms with E-state index in [1.54, 1.807) is 13.8 Å². The first kappa shape index (κ1) is 13.6. The van der Waals surface area contributed by atoms with Crippen LogP contribution in [0.2, 0.25) is 0 Å². The molecule has 0 aromatic rings. The zero-order chi connectivity index (χ0) is 11.0. The molecule has 0 unspecified atom stereocenters. The lowest BCUT2D eigenvalue weighted by Gasteiger charge is -2.16. The van der Waals surface area contributed by atoms with Gasteiger partial charge in [-0.1, -0.05) is 6.58 Å². The summed E-state index contributed by atoms with van der Waals surface area (Å²) in [5.41, 5.74) is 0. The zero-order valence-electron chi connectivity index (χ0n) is 9.02. The zero-order valence-corrected chi connectivity index (χ0v) is 9.92. The summed E-state index contributed by atoms with van der Waals surface area (Å²) in [5.74, 6) is 0. The van der Waals surface area contributed by atoms with Crippen LogP contribution in [0.4, 0.5) is 0 Å². The van der Waals surface area contributed by atoms with Crippen molar-refractivity contribution in [3.63, 3.8) is 0 Å². The van der Waals surface area contributed by atoms with Crippen LogP contribution in [0.1, 0.15) is 20.8 Å². The van der Waals surface area contributed by atoms with Crippen LogP contribution in [0, 0.1) is 0 Å². The Bertz CT molecular complexity index is 240. The molecule has 82 valence electrons. The summed E-state index contributed by atoms with van der Waals surface area (Å²) in [6.07, 6.45) is 1.45. The van der Waals surface area contributed by atoms with Gasteiger partial charge in [0.25, 0.3) is 0 Å². The summed E-state index contributed by atoms with van der Waals surface area (Å²) < 4.78 is 22.1. The van der Waals surface area contributed by atoms with Crippen molar-refractivity contribution in [2.75, 3.05) is 19.8 Å². The number of hydrogen-bond donors (Lipinski definition) is 0. The highest BCUT2D eigenvalue weighted by Crippen LogP contribution is 2.54. The maximum atomic E-state index is 12.0. The van der Waals surface area contributed by atoms with Gasteiger partial charge in [0.2, 0.25) is 0 Å². The van der Waals surface area contributed by atoms with Gasteiger partial charge in [-0.15, -0.1) is 0 Å². The van der Waals surface area contributed by atoms with Gasteiger partial charge in [0.05, 0.1) is 18.5 Å². The maximum Gasteiger partial charge on any atom is 0.362 e. The van der Waals surface area contributed by atoms with E-state index in [2.05, 4.69) is 11.6 Å². The fraction of sp³-hybridized carbons (Fsp3) is 0.667. The molecule has 0 bridgehead atoms. The molecule has 0 aliphatic rings. The third-order valence-electron chi connectivity index (χ3n) is 1.37. The van der Waals surface area contributed by atoms with Gasteiger partial charge in [-0.25, -0.2) is 0 Å². The highest BCUT2D eigenvalue weighted by molar-refractivity contribution is 7.59. The summed E-state index contributed by atoms with van der Waals surface area (Å²) in [5, 5.41) is 0.308. The summed E-state index contributed by atoms with van der Waals surface area (Å²) in [7, 11) is -3.18. The van der Waals surface area contributed by atoms with Gasteiger partial charge in [0, 0.05) is 12.8 Å². The minimum Gasteiger partial charge on any atom is -0.305 e. The van der Waals surface area contributed by atoms with E-state index in [9.17, 15) is 4.57 Å². The van der Waals surface area contributed by atoms with Crippen LogP contribution in [0.25, 0.3) is 0 Å². The Morgan fingerprint density at radius 1 is 1.36 bits per heavy atom. The van der Waals surface area contributed by atoms with E-state index in [1.807, 2.05) is 6.92 Å². The molecule has 0 rings (SSSR count). The van der Waals surface area contributed by atoms with E-state index < -0.39 is 7.60 Å². The van der Waals surface area contributed by atoms with Crippen molar-refractivity contribution < 1.29 is 13.6 Å². The number of hydrogen-bond acceptors (Lipinski definition) is 4. The SMILES string of the molecule is C=C(C=NCC)P(=O)(OCC)OCC. The molecule has 0 saturated carbocycles. The first-order valence-electron chi connectivity index (χ1n) is 4.69. The molecule has 0 aliphatic heterocycles. The molecule has 0 aliphatic carbocycles. The Hall–Kier alpha value is -0.440. The largest absolute Gasteiger partial charge is 0.362 e. The number of rotatable bonds is 7. The second kappa shape index (κ2) is 6.93. The minimum atomic E-state index is -3.18. The van der Waals surface area contributed by atoms with Crippen LogP contribution < -0.4 is 0 Å². The standard InChI is InChI=1S/C9H18NO3P/c1-5-10-8-9(4)14(11,12-6-2)13-7-3/h8H,4-7H2,1-3H3. The molecular weight excluding hydrogens is 201 g/mol. The quantitative estimate of drug-likeness (QED) is 0.488. The van der Waals surface area contributed by atoms with Crippen LogP contribution in [0.15, 0.2) is 16.9 Å². The van der Waals surface area contributed by atoms with Crippen LogP contribution in [0.3, 0.4) is 0 Å². The third-order valence-corrected chi connectivity index (χ3v) is 3.39. The number of nitrogens with zero attached hydrogens (tertiary/aromatic N) is 1. The highest BCUT2D eigenvalue weighted by Gasteiger charge is 2.26. The normalized spacial score (nSPS) is 12.2. The molecule has 0 atom stereocenters. The number of allylic oxidation sites excluding steroid dienone is 1. The third kappa shape index (κ3) is 4.18. The second-order valence-corrected chi connectivity index (χ2v) is 4.54. The van der Waals surface area contributed by atoms with Crippen LogP contribution >= 0.6 is 7.60 Å². The minimum absolute atomic E-state index is 0.308. The lowest BCUT2D eigenvalue weighted by atomic mass is 10.7. The van der Waals surface area contributed by atoms with Crippen molar-refractivity contribution in [1.29, 1.82) is 0 Å². The fourth-order valence-corrected chi connectivity index (χ4v) is 2.12. The summed E-state index contributed by atoms with van der Waals surface area (Å²) in [6, 6.07) is 0. The van der Waals surface area contributed by atoms with E-state index in [0.717, 1.165) is 0 Å². The fourth-order valence-electron chi connectivity index (χ4n) is 0.810. The first-order valence-corrected chi connectivity index (χ1v) is 6.23. The summed E-state index contributed by atoms with van der Waals surface area (Å²) in [4.78, 5) is 3.95. The first-order chi connectivity index (χ1) is 6.60. The molecule has 0 amide bonds. The topological polar surface area (TPSA) is 47.9 Å². The molecule has 0 saturated heterocycles. The van der Waals surface area contributed by atoms with Crippen molar-refractivity contribution in [2.24, 2.45) is 4.99 Å². The Morgan fingerprint density at radius 3 is 2.21 bits per heavy atom. The highest BCUT2D eigenvalue weighted by atomic mass is 31.2. The number of aliphatic imine (C=N–C) groups is 1. The molecule has 14 heavy (non-hydrogen) atoms. The average molecular weight is 219 g/mol. The average Bonchev–Trinajstić information content (AvgIpc) is 2.15. The predicted octanol–water partition coefficient (Wildman–Crippen LogP) is 2.86.